The molecule has 2 saturated heterocycles. The summed E-state index contributed by atoms with van der Waals surface area (Å²) >= 11 is 0. The van der Waals surface area contributed by atoms with Crippen molar-refractivity contribution in [3.8, 4) is 34.3 Å². The Balaban J connectivity index is 1.43. The van der Waals surface area contributed by atoms with E-state index in [-0.39, 0.29) is 16.7 Å². The van der Waals surface area contributed by atoms with Gasteiger partial charge in [0.2, 0.25) is 12.0 Å². The van der Waals surface area contributed by atoms with E-state index in [9.17, 15) is 45.6 Å². The van der Waals surface area contributed by atoms with E-state index in [1.54, 1.807) is 24.3 Å². The Bertz CT molecular complexity index is 1470. The van der Waals surface area contributed by atoms with Gasteiger partial charge in [0, 0.05) is 17.7 Å². The molecule has 15 heteroatoms. The molecule has 15 nitrogen and oxygen atoms in total. The minimum absolute atomic E-state index is 0.137. The summed E-state index contributed by atoms with van der Waals surface area (Å²) in [6.07, 6.45) is -11.9. The van der Waals surface area contributed by atoms with Crippen LogP contribution in [0.5, 0.6) is 23.0 Å². The maximum Gasteiger partial charge on any atom is 0.229 e. The molecule has 228 valence electrons. The lowest BCUT2D eigenvalue weighted by molar-refractivity contribution is -0.313. The molecule has 0 bridgehead atoms. The van der Waals surface area contributed by atoms with Gasteiger partial charge < -0.3 is 69.0 Å². The molecule has 8 N–H and O–H groups in total. The molecule has 3 aromatic rings. The fourth-order valence-corrected chi connectivity index (χ4v) is 4.78. The second-order valence-electron chi connectivity index (χ2n) is 9.96. The molecule has 8 atom stereocenters. The minimum atomic E-state index is -2.06. The van der Waals surface area contributed by atoms with Crippen LogP contribution in [-0.4, -0.2) is 116 Å². The summed E-state index contributed by atoms with van der Waals surface area (Å²) < 4.78 is 32.5. The normalized spacial score (nSPS) is 31.4. The first-order chi connectivity index (χ1) is 20.0. The van der Waals surface area contributed by atoms with Crippen LogP contribution in [0.4, 0.5) is 0 Å². The summed E-state index contributed by atoms with van der Waals surface area (Å²) in [6, 6.07) is 8.73. The molecule has 5 rings (SSSR count). The topological polar surface area (TPSA) is 238 Å². The van der Waals surface area contributed by atoms with Gasteiger partial charge in [-0.2, -0.15) is 0 Å². The van der Waals surface area contributed by atoms with E-state index >= 15 is 0 Å². The highest BCUT2D eigenvalue weighted by Crippen LogP contribution is 2.43. The van der Waals surface area contributed by atoms with Gasteiger partial charge in [-0.3, -0.25) is 4.79 Å². The number of phenolic OH excluding ortho intramolecular Hbond substituents is 2. The number of aromatic hydroxyl groups is 2. The number of hydrogen-bond donors (Lipinski definition) is 8. The van der Waals surface area contributed by atoms with Crippen LogP contribution in [0, 0.1) is 0 Å². The summed E-state index contributed by atoms with van der Waals surface area (Å²) in [5, 5.41) is 82.4. The average molecular weight is 595 g/mol. The Morgan fingerprint density at radius 3 is 2.36 bits per heavy atom. The summed E-state index contributed by atoms with van der Waals surface area (Å²) in [5.74, 6) is -1.53. The molecule has 0 saturated carbocycles. The summed E-state index contributed by atoms with van der Waals surface area (Å²) in [5.41, 5.74) is -2.42. The molecule has 0 amide bonds. The fraction of sp³-hybridized carbons (Fsp3) is 0.444. The lowest BCUT2D eigenvalue weighted by Gasteiger charge is -2.42. The van der Waals surface area contributed by atoms with Gasteiger partial charge in [-0.25, -0.2) is 0 Å². The minimum Gasteiger partial charge on any atom is -0.504 e. The van der Waals surface area contributed by atoms with E-state index in [0.717, 1.165) is 12.1 Å². The molecule has 42 heavy (non-hydrogen) atoms. The van der Waals surface area contributed by atoms with Crippen LogP contribution >= 0.6 is 0 Å². The van der Waals surface area contributed by atoms with Gasteiger partial charge in [0.15, 0.2) is 23.2 Å². The van der Waals surface area contributed by atoms with E-state index in [4.69, 9.17) is 28.1 Å². The van der Waals surface area contributed by atoms with Crippen LogP contribution in [0.1, 0.15) is 0 Å². The maximum atomic E-state index is 13.0. The van der Waals surface area contributed by atoms with Gasteiger partial charge in [-0.15, -0.1) is 0 Å². The van der Waals surface area contributed by atoms with Crippen molar-refractivity contribution < 1.29 is 69.0 Å². The highest BCUT2D eigenvalue weighted by molar-refractivity contribution is 5.89. The monoisotopic (exact) mass is 594 g/mol. The Labute approximate surface area is 236 Å². The molecule has 1 aromatic heterocycles. The van der Waals surface area contributed by atoms with Gasteiger partial charge in [-0.1, -0.05) is 0 Å². The molecule has 3 heterocycles. The molecule has 0 aliphatic carbocycles. The third-order valence-electron chi connectivity index (χ3n) is 7.23. The average Bonchev–Trinajstić information content (AvgIpc) is 3.27. The fourth-order valence-electron chi connectivity index (χ4n) is 4.78. The summed E-state index contributed by atoms with van der Waals surface area (Å²) in [4.78, 5) is 13.0. The van der Waals surface area contributed by atoms with E-state index in [2.05, 4.69) is 0 Å². The Kier molecular flexibility index (Phi) is 8.30. The van der Waals surface area contributed by atoms with Crippen molar-refractivity contribution >= 4 is 11.0 Å². The van der Waals surface area contributed by atoms with E-state index in [0.29, 0.717) is 11.3 Å². The molecular formula is C27H30O15. The number of phenols is 2. The highest BCUT2D eigenvalue weighted by Gasteiger charge is 2.53. The van der Waals surface area contributed by atoms with E-state index in [1.165, 1.54) is 7.11 Å². The van der Waals surface area contributed by atoms with Gasteiger partial charge in [0.1, 0.15) is 58.6 Å². The van der Waals surface area contributed by atoms with Crippen LogP contribution in [0.25, 0.3) is 22.3 Å². The van der Waals surface area contributed by atoms with Crippen LogP contribution in [0.15, 0.2) is 45.6 Å². The van der Waals surface area contributed by atoms with Crippen LogP contribution in [-0.2, 0) is 14.2 Å². The number of rotatable bonds is 8. The second kappa shape index (κ2) is 11.6. The third kappa shape index (κ3) is 5.26. The van der Waals surface area contributed by atoms with E-state index < -0.39 is 91.2 Å². The van der Waals surface area contributed by atoms with Crippen molar-refractivity contribution in [2.24, 2.45) is 0 Å². The molecule has 2 aromatic carbocycles. The molecular weight excluding hydrogens is 564 g/mol. The number of aliphatic hydroxyl groups excluding tert-OH is 5. The zero-order valence-corrected chi connectivity index (χ0v) is 22.1. The van der Waals surface area contributed by atoms with Crippen molar-refractivity contribution in [1.82, 2.24) is 0 Å². The van der Waals surface area contributed by atoms with Crippen LogP contribution in [0.2, 0.25) is 0 Å². The predicted molar refractivity (Wildman–Crippen MR) is 139 cm³/mol. The predicted octanol–water partition coefficient (Wildman–Crippen LogP) is -1.48. The molecule has 2 aliphatic rings. The molecule has 0 spiro atoms. The number of aliphatic hydroxyl groups is 6. The Hall–Kier alpha value is -3.51. The molecule has 2 aliphatic heterocycles. The van der Waals surface area contributed by atoms with Crippen molar-refractivity contribution in [3.63, 3.8) is 0 Å². The van der Waals surface area contributed by atoms with Gasteiger partial charge in [-0.05, 0) is 24.3 Å². The SMILES string of the molecule is COc1ccc(-c2cc(=O)c3c(O)c(O[C@@H]4O[C@H](CO)[C@@H](O)[C@H](O[C@@H]5OC[C@](O)(CO)[C@H]5O)[C@H]4O)c(O)cc3o2)cc1. The first-order valence-electron chi connectivity index (χ1n) is 12.8. The van der Waals surface area contributed by atoms with Crippen molar-refractivity contribution in [2.75, 3.05) is 26.9 Å². The number of hydrogen-bond acceptors (Lipinski definition) is 15. The Morgan fingerprint density at radius 1 is 1.02 bits per heavy atom. The van der Waals surface area contributed by atoms with Gasteiger partial charge >= 0.3 is 0 Å². The first-order valence-corrected chi connectivity index (χ1v) is 12.8. The van der Waals surface area contributed by atoms with Crippen molar-refractivity contribution in [3.05, 3.63) is 46.6 Å². The summed E-state index contributed by atoms with van der Waals surface area (Å²) in [7, 11) is 1.50. The molecule has 0 unspecified atom stereocenters. The first kappa shape index (κ1) is 30.0. The van der Waals surface area contributed by atoms with Crippen molar-refractivity contribution in [1.29, 1.82) is 0 Å². The van der Waals surface area contributed by atoms with Crippen molar-refractivity contribution in [2.45, 2.75) is 48.7 Å². The summed E-state index contributed by atoms with van der Waals surface area (Å²) in [6.45, 7) is -2.18. The number of methoxy groups -OCH3 is 1. The number of benzene rings is 2. The zero-order chi connectivity index (χ0) is 30.3. The molecule has 2 fully saturated rings. The van der Waals surface area contributed by atoms with Gasteiger partial charge in [0.05, 0.1) is 26.9 Å². The quantitative estimate of drug-likeness (QED) is 0.148. The second-order valence-corrected chi connectivity index (χ2v) is 9.96. The standard InChI is InChI=1S/C27H30O15/c1-37-12-4-2-11(3-5-12)15-6-13(30)18-16(39-15)7-14(31)22(20(18)33)41-25-21(34)23(19(32)17(8-28)40-25)42-26-24(35)27(36,9-29)10-38-26/h2-7,17,19,21,23-26,28-29,31-36H,8-10H2,1H3/t17-,19-,21-,23+,24+,25+,26+,27-/m1/s1. The number of ether oxygens (including phenoxy) is 5. The Morgan fingerprint density at radius 2 is 1.74 bits per heavy atom. The maximum absolute atomic E-state index is 13.0. The third-order valence-corrected chi connectivity index (χ3v) is 7.23. The van der Waals surface area contributed by atoms with Crippen LogP contribution in [0.3, 0.4) is 0 Å². The zero-order valence-electron chi connectivity index (χ0n) is 22.1. The largest absolute Gasteiger partial charge is 0.504 e. The van der Waals surface area contributed by atoms with Gasteiger partial charge in [0.25, 0.3) is 0 Å². The highest BCUT2D eigenvalue weighted by atomic mass is 16.7. The lowest BCUT2D eigenvalue weighted by atomic mass is 9.98. The van der Waals surface area contributed by atoms with E-state index in [1.807, 2.05) is 0 Å². The van der Waals surface area contributed by atoms with Crippen LogP contribution < -0.4 is 14.9 Å². The molecule has 0 radical (unpaired) electrons. The lowest BCUT2D eigenvalue weighted by Crippen LogP contribution is -2.62. The smallest absolute Gasteiger partial charge is 0.229 e. The number of fused-ring (bicyclic) bond motifs is 1.